The van der Waals surface area contributed by atoms with Gasteiger partial charge in [0.05, 0.1) is 12.8 Å². The first-order chi connectivity index (χ1) is 14.5. The minimum Gasteiger partial charge on any atom is -0.497 e. The summed E-state index contributed by atoms with van der Waals surface area (Å²) in [5.41, 5.74) is 3.04. The lowest BCUT2D eigenvalue weighted by Crippen LogP contribution is -2.14. The first-order valence-electron chi connectivity index (χ1n) is 9.29. The van der Waals surface area contributed by atoms with Crippen LogP contribution < -0.4 is 10.1 Å². The first-order valence-corrected chi connectivity index (χ1v) is 9.29. The van der Waals surface area contributed by atoms with Gasteiger partial charge in [-0.1, -0.05) is 23.8 Å². The molecule has 4 aromatic rings. The molecular weight excluding hydrogens is 383 g/mol. The quantitative estimate of drug-likeness (QED) is 0.528. The van der Waals surface area contributed by atoms with Gasteiger partial charge in [-0.3, -0.25) is 4.79 Å². The van der Waals surface area contributed by atoms with Crippen molar-refractivity contribution in [3.8, 4) is 22.8 Å². The van der Waals surface area contributed by atoms with Crippen molar-refractivity contribution in [3.63, 3.8) is 0 Å². The summed E-state index contributed by atoms with van der Waals surface area (Å²) in [6, 6.07) is 20.6. The Morgan fingerprint density at radius 1 is 1.03 bits per heavy atom. The van der Waals surface area contributed by atoms with Gasteiger partial charge in [-0.15, -0.1) is 5.10 Å². The predicted molar refractivity (Wildman–Crippen MR) is 112 cm³/mol. The lowest BCUT2D eigenvalue weighted by atomic mass is 10.1. The number of carbonyl (C=O) groups is 1. The van der Waals surface area contributed by atoms with E-state index in [-0.39, 0.29) is 11.6 Å². The molecule has 0 aliphatic carbocycles. The van der Waals surface area contributed by atoms with Crippen LogP contribution in [-0.2, 0) is 0 Å². The molecule has 0 unspecified atom stereocenters. The van der Waals surface area contributed by atoms with Gasteiger partial charge in [0, 0.05) is 11.3 Å². The standard InChI is InChI=1S/C23H19FN4O2/c1-15-4-3-5-16(14-15)22-26-21(27-28(22)19-10-6-17(24)7-11-19)23(29)25-18-8-12-20(30-2)13-9-18/h3-14H,1-2H3,(H,25,29). The molecule has 1 N–H and O–H groups in total. The van der Waals surface area contributed by atoms with E-state index in [0.717, 1.165) is 11.1 Å². The maximum atomic E-state index is 13.4. The van der Waals surface area contributed by atoms with Crippen molar-refractivity contribution in [2.45, 2.75) is 6.92 Å². The molecule has 0 bridgehead atoms. The van der Waals surface area contributed by atoms with Crippen LogP contribution in [0.4, 0.5) is 10.1 Å². The van der Waals surface area contributed by atoms with Gasteiger partial charge in [-0.25, -0.2) is 14.1 Å². The average Bonchev–Trinajstić information content (AvgIpc) is 3.20. The molecule has 1 amide bonds. The smallest absolute Gasteiger partial charge is 0.295 e. The summed E-state index contributed by atoms with van der Waals surface area (Å²) in [6.45, 7) is 1.97. The molecule has 1 aromatic heterocycles. The number of rotatable bonds is 5. The number of amides is 1. The molecule has 30 heavy (non-hydrogen) atoms. The number of ether oxygens (including phenoxy) is 1. The van der Waals surface area contributed by atoms with Gasteiger partial charge in [0.2, 0.25) is 5.82 Å². The Kier molecular flexibility index (Phi) is 5.26. The van der Waals surface area contributed by atoms with Gasteiger partial charge in [-0.05, 0) is 61.5 Å². The van der Waals surface area contributed by atoms with Crippen molar-refractivity contribution < 1.29 is 13.9 Å². The van der Waals surface area contributed by atoms with E-state index in [1.54, 1.807) is 43.5 Å². The van der Waals surface area contributed by atoms with E-state index in [1.807, 2.05) is 31.2 Å². The zero-order chi connectivity index (χ0) is 21.1. The van der Waals surface area contributed by atoms with Crippen molar-refractivity contribution in [2.75, 3.05) is 12.4 Å². The molecule has 3 aromatic carbocycles. The Morgan fingerprint density at radius 2 is 1.77 bits per heavy atom. The molecule has 0 spiro atoms. The fourth-order valence-corrected chi connectivity index (χ4v) is 3.00. The number of carbonyl (C=O) groups excluding carboxylic acids is 1. The maximum absolute atomic E-state index is 13.4. The highest BCUT2D eigenvalue weighted by Crippen LogP contribution is 2.23. The molecule has 0 aliphatic rings. The Hall–Kier alpha value is -4.00. The van der Waals surface area contributed by atoms with Gasteiger partial charge < -0.3 is 10.1 Å². The van der Waals surface area contributed by atoms with E-state index in [0.29, 0.717) is 22.9 Å². The minimum atomic E-state index is -0.449. The SMILES string of the molecule is COc1ccc(NC(=O)c2nc(-c3cccc(C)c3)n(-c3ccc(F)cc3)n2)cc1. The third-order valence-electron chi connectivity index (χ3n) is 4.51. The van der Waals surface area contributed by atoms with Crippen molar-refractivity contribution in [1.29, 1.82) is 0 Å². The van der Waals surface area contributed by atoms with E-state index in [4.69, 9.17) is 4.74 Å². The summed E-state index contributed by atoms with van der Waals surface area (Å²) in [4.78, 5) is 17.2. The number of anilines is 1. The number of aryl methyl sites for hydroxylation is 1. The zero-order valence-corrected chi connectivity index (χ0v) is 16.5. The third-order valence-corrected chi connectivity index (χ3v) is 4.51. The van der Waals surface area contributed by atoms with Gasteiger partial charge in [0.1, 0.15) is 11.6 Å². The maximum Gasteiger partial charge on any atom is 0.295 e. The summed E-state index contributed by atoms with van der Waals surface area (Å²) in [5, 5.41) is 7.17. The van der Waals surface area contributed by atoms with Crippen LogP contribution >= 0.6 is 0 Å². The monoisotopic (exact) mass is 402 g/mol. The highest BCUT2D eigenvalue weighted by atomic mass is 19.1. The lowest BCUT2D eigenvalue weighted by Gasteiger charge is -2.06. The molecule has 0 saturated carbocycles. The second-order valence-electron chi connectivity index (χ2n) is 6.70. The van der Waals surface area contributed by atoms with Crippen LogP contribution in [0.25, 0.3) is 17.1 Å². The van der Waals surface area contributed by atoms with Crippen molar-refractivity contribution in [1.82, 2.24) is 14.8 Å². The molecular formula is C23H19FN4O2. The number of benzene rings is 3. The number of methoxy groups -OCH3 is 1. The van der Waals surface area contributed by atoms with Gasteiger partial charge in [-0.2, -0.15) is 0 Å². The Bertz CT molecular complexity index is 1180. The molecule has 6 nitrogen and oxygen atoms in total. The van der Waals surface area contributed by atoms with Gasteiger partial charge in [0.25, 0.3) is 5.91 Å². The van der Waals surface area contributed by atoms with E-state index in [2.05, 4.69) is 15.4 Å². The van der Waals surface area contributed by atoms with Crippen molar-refractivity contribution >= 4 is 11.6 Å². The number of hydrogen-bond acceptors (Lipinski definition) is 4. The van der Waals surface area contributed by atoms with Crippen LogP contribution in [-0.4, -0.2) is 27.8 Å². The number of aromatic nitrogens is 3. The molecule has 0 saturated heterocycles. The Labute approximate surface area is 173 Å². The van der Waals surface area contributed by atoms with Crippen LogP contribution in [0, 0.1) is 12.7 Å². The molecule has 7 heteroatoms. The summed E-state index contributed by atoms with van der Waals surface area (Å²) in [6.07, 6.45) is 0. The summed E-state index contributed by atoms with van der Waals surface area (Å²) in [5.74, 6) is 0.383. The van der Waals surface area contributed by atoms with E-state index in [1.165, 1.54) is 16.8 Å². The highest BCUT2D eigenvalue weighted by Gasteiger charge is 2.19. The zero-order valence-electron chi connectivity index (χ0n) is 16.5. The minimum absolute atomic E-state index is 0.00616. The first kappa shape index (κ1) is 19.3. The molecule has 0 radical (unpaired) electrons. The van der Waals surface area contributed by atoms with Crippen LogP contribution in [0.1, 0.15) is 16.2 Å². The van der Waals surface area contributed by atoms with Crippen LogP contribution in [0.5, 0.6) is 5.75 Å². The second kappa shape index (κ2) is 8.16. The molecule has 4 rings (SSSR count). The third kappa shape index (κ3) is 4.05. The Balaban J connectivity index is 1.72. The van der Waals surface area contributed by atoms with Gasteiger partial charge >= 0.3 is 0 Å². The van der Waals surface area contributed by atoms with Gasteiger partial charge in [0.15, 0.2) is 5.82 Å². The van der Waals surface area contributed by atoms with Crippen LogP contribution in [0.2, 0.25) is 0 Å². The molecule has 0 atom stereocenters. The second-order valence-corrected chi connectivity index (χ2v) is 6.70. The largest absolute Gasteiger partial charge is 0.497 e. The molecule has 1 heterocycles. The topological polar surface area (TPSA) is 69.0 Å². The van der Waals surface area contributed by atoms with E-state index >= 15 is 0 Å². The summed E-state index contributed by atoms with van der Waals surface area (Å²) < 4.78 is 20.1. The number of nitrogens with zero attached hydrogens (tertiary/aromatic N) is 3. The fraction of sp³-hybridized carbons (Fsp3) is 0.0870. The summed E-state index contributed by atoms with van der Waals surface area (Å²) >= 11 is 0. The lowest BCUT2D eigenvalue weighted by molar-refractivity contribution is 0.101. The van der Waals surface area contributed by atoms with Crippen molar-refractivity contribution in [3.05, 3.63) is 90.0 Å². The van der Waals surface area contributed by atoms with E-state index in [9.17, 15) is 9.18 Å². The molecule has 0 fully saturated rings. The average molecular weight is 402 g/mol. The molecule has 0 aliphatic heterocycles. The number of nitrogens with one attached hydrogen (secondary N) is 1. The van der Waals surface area contributed by atoms with Crippen LogP contribution in [0.3, 0.4) is 0 Å². The summed E-state index contributed by atoms with van der Waals surface area (Å²) in [7, 11) is 1.58. The highest BCUT2D eigenvalue weighted by molar-refractivity contribution is 6.01. The normalized spacial score (nSPS) is 10.6. The number of halogens is 1. The van der Waals surface area contributed by atoms with Crippen molar-refractivity contribution in [2.24, 2.45) is 0 Å². The molecule has 150 valence electrons. The predicted octanol–water partition coefficient (Wildman–Crippen LogP) is 4.64. The Morgan fingerprint density at radius 3 is 2.43 bits per heavy atom. The fourth-order valence-electron chi connectivity index (χ4n) is 3.00. The van der Waals surface area contributed by atoms with Crippen LogP contribution in [0.15, 0.2) is 72.8 Å². The van der Waals surface area contributed by atoms with E-state index < -0.39 is 5.91 Å². The number of hydrogen-bond donors (Lipinski definition) is 1.